The van der Waals surface area contributed by atoms with Crippen LogP contribution in [-0.4, -0.2) is 19.5 Å². The third-order valence-electron chi connectivity index (χ3n) is 3.50. The minimum absolute atomic E-state index is 0.194. The highest BCUT2D eigenvalue weighted by Crippen LogP contribution is 2.19. The fourth-order valence-corrected chi connectivity index (χ4v) is 3.46. The number of aromatic nitrogens is 1. The molecule has 2 aromatic rings. The monoisotopic (exact) mass is 326 g/mol. The molecule has 0 aliphatic carbocycles. The van der Waals surface area contributed by atoms with Gasteiger partial charge in [0.05, 0.1) is 4.90 Å². The van der Waals surface area contributed by atoms with Crippen LogP contribution >= 0.6 is 11.6 Å². The number of benzene rings is 1. The van der Waals surface area contributed by atoms with Gasteiger partial charge >= 0.3 is 0 Å². The first-order valence-corrected chi connectivity index (χ1v) is 8.56. The van der Waals surface area contributed by atoms with Crippen molar-refractivity contribution in [3.05, 3.63) is 52.3 Å². The average Bonchev–Trinajstić information content (AvgIpc) is 2.73. The van der Waals surface area contributed by atoms with Crippen LogP contribution in [0, 0.1) is 20.8 Å². The van der Waals surface area contributed by atoms with Gasteiger partial charge in [-0.3, -0.25) is 0 Å². The van der Waals surface area contributed by atoms with E-state index in [1.54, 1.807) is 12.1 Å². The Hall–Kier alpha value is -1.30. The van der Waals surface area contributed by atoms with Gasteiger partial charge in [-0.2, -0.15) is 0 Å². The smallest absolute Gasteiger partial charge is 0.240 e. The zero-order valence-electron chi connectivity index (χ0n) is 12.4. The number of aryl methyl sites for hydroxylation is 3. The molecule has 0 saturated carbocycles. The molecule has 1 N–H and O–H groups in total. The van der Waals surface area contributed by atoms with E-state index < -0.39 is 10.0 Å². The van der Waals surface area contributed by atoms with E-state index in [-0.39, 0.29) is 4.90 Å². The van der Waals surface area contributed by atoms with Crippen LogP contribution < -0.4 is 4.72 Å². The van der Waals surface area contributed by atoms with Crippen LogP contribution in [0.5, 0.6) is 0 Å². The molecule has 0 spiro atoms. The van der Waals surface area contributed by atoms with Gasteiger partial charge in [0.2, 0.25) is 10.0 Å². The summed E-state index contributed by atoms with van der Waals surface area (Å²) in [6, 6.07) is 8.78. The highest BCUT2D eigenvalue weighted by Gasteiger charge is 2.14. The Morgan fingerprint density at radius 1 is 1.10 bits per heavy atom. The molecule has 0 aliphatic rings. The standard InChI is InChI=1S/C15H19ClN2O2S/c1-11-4-7-14(10-15(11)16)21(19,20)17-8-9-18-12(2)5-6-13(18)3/h4-7,10,17H,8-9H2,1-3H3. The molecule has 0 unspecified atom stereocenters. The van der Waals surface area contributed by atoms with Crippen LogP contribution in [0.4, 0.5) is 0 Å². The molecule has 0 atom stereocenters. The number of rotatable bonds is 5. The Morgan fingerprint density at radius 2 is 1.71 bits per heavy atom. The first-order valence-electron chi connectivity index (χ1n) is 6.70. The number of hydrogen-bond acceptors (Lipinski definition) is 2. The van der Waals surface area contributed by atoms with Crippen molar-refractivity contribution < 1.29 is 8.42 Å². The van der Waals surface area contributed by atoms with Crippen molar-refractivity contribution in [2.45, 2.75) is 32.2 Å². The van der Waals surface area contributed by atoms with E-state index in [0.717, 1.165) is 17.0 Å². The van der Waals surface area contributed by atoms with Gasteiger partial charge in [0.15, 0.2) is 0 Å². The van der Waals surface area contributed by atoms with Crippen LogP contribution in [0.25, 0.3) is 0 Å². The van der Waals surface area contributed by atoms with Gasteiger partial charge in [-0.25, -0.2) is 13.1 Å². The van der Waals surface area contributed by atoms with Gasteiger partial charge in [0.1, 0.15) is 0 Å². The molecule has 114 valence electrons. The van der Waals surface area contributed by atoms with Gasteiger partial charge < -0.3 is 4.57 Å². The highest BCUT2D eigenvalue weighted by atomic mass is 35.5. The van der Waals surface area contributed by atoms with Gasteiger partial charge in [0.25, 0.3) is 0 Å². The van der Waals surface area contributed by atoms with E-state index in [9.17, 15) is 8.42 Å². The number of hydrogen-bond donors (Lipinski definition) is 1. The molecule has 0 radical (unpaired) electrons. The van der Waals surface area contributed by atoms with Gasteiger partial charge in [-0.1, -0.05) is 17.7 Å². The molecular formula is C15H19ClN2O2S. The summed E-state index contributed by atoms with van der Waals surface area (Å²) >= 11 is 5.98. The molecule has 1 aromatic carbocycles. The topological polar surface area (TPSA) is 51.1 Å². The molecule has 0 saturated heterocycles. The Morgan fingerprint density at radius 3 is 2.29 bits per heavy atom. The molecule has 1 heterocycles. The van der Waals surface area contributed by atoms with Crippen molar-refractivity contribution in [1.29, 1.82) is 0 Å². The lowest BCUT2D eigenvalue weighted by atomic mass is 10.2. The second-order valence-corrected chi connectivity index (χ2v) is 7.25. The van der Waals surface area contributed by atoms with Crippen LogP contribution in [0.1, 0.15) is 17.0 Å². The highest BCUT2D eigenvalue weighted by molar-refractivity contribution is 7.89. The second-order valence-electron chi connectivity index (χ2n) is 5.08. The maximum atomic E-state index is 12.2. The van der Waals surface area contributed by atoms with Crippen LogP contribution in [0.2, 0.25) is 5.02 Å². The molecule has 0 fully saturated rings. The van der Waals surface area contributed by atoms with Gasteiger partial charge in [-0.15, -0.1) is 0 Å². The van der Waals surface area contributed by atoms with E-state index in [1.165, 1.54) is 6.07 Å². The number of sulfonamides is 1. The normalized spacial score (nSPS) is 11.8. The zero-order chi connectivity index (χ0) is 15.6. The third-order valence-corrected chi connectivity index (χ3v) is 5.36. The summed E-state index contributed by atoms with van der Waals surface area (Å²) in [6.07, 6.45) is 0. The van der Waals surface area contributed by atoms with E-state index in [1.807, 2.05) is 32.9 Å². The first kappa shape index (κ1) is 16.1. The largest absolute Gasteiger partial charge is 0.348 e. The minimum atomic E-state index is -3.53. The zero-order valence-corrected chi connectivity index (χ0v) is 13.9. The SMILES string of the molecule is Cc1ccc(S(=O)(=O)NCCn2c(C)ccc2C)cc1Cl. The van der Waals surface area contributed by atoms with Crippen LogP contribution in [-0.2, 0) is 16.6 Å². The number of nitrogens with zero attached hydrogens (tertiary/aromatic N) is 1. The summed E-state index contributed by atoms with van der Waals surface area (Å²) in [5.74, 6) is 0. The predicted octanol–water partition coefficient (Wildman–Crippen LogP) is 3.05. The Bertz CT molecular complexity index is 732. The van der Waals surface area contributed by atoms with Crippen molar-refractivity contribution in [3.8, 4) is 0 Å². The summed E-state index contributed by atoms with van der Waals surface area (Å²) in [4.78, 5) is 0.194. The molecule has 6 heteroatoms. The summed E-state index contributed by atoms with van der Waals surface area (Å²) in [6.45, 7) is 6.78. The molecule has 1 aromatic heterocycles. The molecule has 21 heavy (non-hydrogen) atoms. The first-order chi connectivity index (χ1) is 9.81. The summed E-state index contributed by atoms with van der Waals surface area (Å²) in [5.41, 5.74) is 3.09. The number of nitrogens with one attached hydrogen (secondary N) is 1. The number of halogens is 1. The molecule has 4 nitrogen and oxygen atoms in total. The fraction of sp³-hybridized carbons (Fsp3) is 0.333. The lowest BCUT2D eigenvalue weighted by Crippen LogP contribution is -2.28. The third kappa shape index (κ3) is 3.67. The fourth-order valence-electron chi connectivity index (χ4n) is 2.17. The molecule has 0 aliphatic heterocycles. The van der Waals surface area contributed by atoms with Crippen molar-refractivity contribution in [1.82, 2.24) is 9.29 Å². The molecule has 2 rings (SSSR count). The van der Waals surface area contributed by atoms with E-state index >= 15 is 0 Å². The maximum Gasteiger partial charge on any atom is 0.240 e. The average molecular weight is 327 g/mol. The Kier molecular flexibility index (Phi) is 4.76. The molecule has 0 amide bonds. The van der Waals surface area contributed by atoms with Crippen LogP contribution in [0.15, 0.2) is 35.2 Å². The van der Waals surface area contributed by atoms with Crippen molar-refractivity contribution >= 4 is 21.6 Å². The van der Waals surface area contributed by atoms with Crippen molar-refractivity contribution in [3.63, 3.8) is 0 Å². The summed E-state index contributed by atoms with van der Waals surface area (Å²) in [5, 5.41) is 0.454. The van der Waals surface area contributed by atoms with Crippen molar-refractivity contribution in [2.24, 2.45) is 0 Å². The molecular weight excluding hydrogens is 308 g/mol. The van der Waals surface area contributed by atoms with Gasteiger partial charge in [0, 0.05) is 29.5 Å². The van der Waals surface area contributed by atoms with Gasteiger partial charge in [-0.05, 0) is 50.6 Å². The Balaban J connectivity index is 2.06. The van der Waals surface area contributed by atoms with E-state index in [4.69, 9.17) is 11.6 Å². The van der Waals surface area contributed by atoms with E-state index in [0.29, 0.717) is 18.1 Å². The van der Waals surface area contributed by atoms with E-state index in [2.05, 4.69) is 9.29 Å². The van der Waals surface area contributed by atoms with Crippen LogP contribution in [0.3, 0.4) is 0 Å². The molecule has 0 bridgehead atoms. The predicted molar refractivity (Wildman–Crippen MR) is 85.3 cm³/mol. The lowest BCUT2D eigenvalue weighted by Gasteiger charge is -2.11. The quantitative estimate of drug-likeness (QED) is 0.918. The Labute approximate surface area is 130 Å². The summed E-state index contributed by atoms with van der Waals surface area (Å²) < 4.78 is 29.1. The maximum absolute atomic E-state index is 12.2. The van der Waals surface area contributed by atoms with Crippen molar-refractivity contribution in [2.75, 3.05) is 6.54 Å². The summed E-state index contributed by atoms with van der Waals surface area (Å²) in [7, 11) is -3.53. The second kappa shape index (κ2) is 6.22. The minimum Gasteiger partial charge on any atom is -0.348 e. The lowest BCUT2D eigenvalue weighted by molar-refractivity contribution is 0.570.